The lowest BCUT2D eigenvalue weighted by atomic mass is 9.92. The lowest BCUT2D eigenvalue weighted by molar-refractivity contribution is -0.132. The molecule has 1 aliphatic rings. The molecule has 1 saturated heterocycles. The van der Waals surface area contributed by atoms with Crippen molar-refractivity contribution >= 4 is 29.1 Å². The van der Waals surface area contributed by atoms with E-state index >= 15 is 0 Å². The highest BCUT2D eigenvalue weighted by molar-refractivity contribution is 5.86. The molecule has 3 nitrogen and oxygen atoms in total. The van der Waals surface area contributed by atoms with E-state index in [1.807, 2.05) is 24.0 Å². The third kappa shape index (κ3) is 4.24. The fraction of sp³-hybridized carbons (Fsp3) is 0.421. The number of likely N-dealkylation sites (tertiary alicyclic amines) is 1. The zero-order chi connectivity index (χ0) is 15.5. The van der Waals surface area contributed by atoms with Gasteiger partial charge in [-0.15, -0.1) is 12.4 Å². The Balaban J connectivity index is 0.00000192. The number of carbonyl (C=O) groups excluding carboxylic acids is 1. The van der Waals surface area contributed by atoms with Gasteiger partial charge < -0.3 is 10.6 Å². The van der Waals surface area contributed by atoms with Crippen molar-refractivity contribution in [3.05, 3.63) is 48.0 Å². The lowest BCUT2D eigenvalue weighted by Crippen LogP contribution is -2.45. The average molecular weight is 333 g/mol. The van der Waals surface area contributed by atoms with Gasteiger partial charge in [-0.3, -0.25) is 4.79 Å². The summed E-state index contributed by atoms with van der Waals surface area (Å²) in [5, 5.41) is 2.41. The molecule has 0 spiro atoms. The van der Waals surface area contributed by atoms with E-state index in [-0.39, 0.29) is 24.4 Å². The van der Waals surface area contributed by atoms with E-state index in [0.717, 1.165) is 31.5 Å². The highest BCUT2D eigenvalue weighted by atomic mass is 35.5. The van der Waals surface area contributed by atoms with E-state index in [1.165, 1.54) is 10.8 Å². The van der Waals surface area contributed by atoms with Crippen LogP contribution in [0.4, 0.5) is 0 Å². The molecule has 1 fully saturated rings. The first-order valence-electron chi connectivity index (χ1n) is 8.14. The molecule has 1 amide bonds. The minimum atomic E-state index is 0. The van der Waals surface area contributed by atoms with Crippen LogP contribution in [0.5, 0.6) is 0 Å². The zero-order valence-electron chi connectivity index (χ0n) is 13.6. The van der Waals surface area contributed by atoms with Crippen LogP contribution in [0, 0.1) is 5.92 Å². The van der Waals surface area contributed by atoms with Crippen molar-refractivity contribution in [3.8, 4) is 0 Å². The number of hydrogen-bond acceptors (Lipinski definition) is 2. The van der Waals surface area contributed by atoms with Gasteiger partial charge in [0.15, 0.2) is 0 Å². The van der Waals surface area contributed by atoms with Crippen molar-refractivity contribution in [2.45, 2.75) is 32.2 Å². The Morgan fingerprint density at radius 1 is 1.26 bits per heavy atom. The summed E-state index contributed by atoms with van der Waals surface area (Å²) in [5.41, 5.74) is 7.10. The highest BCUT2D eigenvalue weighted by Crippen LogP contribution is 2.21. The first-order chi connectivity index (χ1) is 10.6. The summed E-state index contributed by atoms with van der Waals surface area (Å²) >= 11 is 0. The number of fused-ring (bicyclic) bond motifs is 1. The van der Waals surface area contributed by atoms with Gasteiger partial charge in [0, 0.05) is 19.1 Å². The van der Waals surface area contributed by atoms with Crippen molar-refractivity contribution in [1.29, 1.82) is 0 Å². The summed E-state index contributed by atoms with van der Waals surface area (Å²) in [6.07, 6.45) is 2.68. The van der Waals surface area contributed by atoms with E-state index in [4.69, 9.17) is 5.73 Å². The van der Waals surface area contributed by atoms with Crippen molar-refractivity contribution in [3.63, 3.8) is 0 Å². The first kappa shape index (κ1) is 17.8. The van der Waals surface area contributed by atoms with E-state index in [9.17, 15) is 4.79 Å². The Morgan fingerprint density at radius 2 is 2.00 bits per heavy atom. The van der Waals surface area contributed by atoms with Gasteiger partial charge in [-0.2, -0.15) is 0 Å². The Bertz CT molecular complexity index is 671. The van der Waals surface area contributed by atoms with Gasteiger partial charge in [0.25, 0.3) is 0 Å². The molecule has 1 aliphatic heterocycles. The largest absolute Gasteiger partial charge is 0.342 e. The molecule has 1 heterocycles. The fourth-order valence-corrected chi connectivity index (χ4v) is 3.30. The molecule has 0 radical (unpaired) electrons. The summed E-state index contributed by atoms with van der Waals surface area (Å²) < 4.78 is 0. The number of nitrogens with zero attached hydrogens (tertiary/aromatic N) is 1. The number of rotatable bonds is 3. The topological polar surface area (TPSA) is 46.3 Å². The maximum absolute atomic E-state index is 12.6. The molecule has 124 valence electrons. The zero-order valence-corrected chi connectivity index (χ0v) is 14.4. The Labute approximate surface area is 144 Å². The molecule has 0 aromatic heterocycles. The summed E-state index contributed by atoms with van der Waals surface area (Å²) in [4.78, 5) is 14.5. The predicted molar refractivity (Wildman–Crippen MR) is 97.9 cm³/mol. The van der Waals surface area contributed by atoms with E-state index in [2.05, 4.69) is 30.3 Å². The molecular formula is C19H25ClN2O. The SMILES string of the molecule is CC(N)C1CCCN(C(=O)Cc2ccc3ccccc3c2)C1.Cl. The van der Waals surface area contributed by atoms with Gasteiger partial charge in [0.05, 0.1) is 6.42 Å². The predicted octanol–water partition coefficient (Wildman–Crippen LogP) is 3.39. The molecule has 2 aromatic rings. The Morgan fingerprint density at radius 3 is 2.74 bits per heavy atom. The van der Waals surface area contributed by atoms with Gasteiger partial charge in [-0.1, -0.05) is 42.5 Å². The van der Waals surface area contributed by atoms with E-state index in [0.29, 0.717) is 12.3 Å². The molecule has 3 rings (SSSR count). The molecule has 0 saturated carbocycles. The minimum Gasteiger partial charge on any atom is -0.342 e. The van der Waals surface area contributed by atoms with Crippen LogP contribution in [-0.2, 0) is 11.2 Å². The second-order valence-corrected chi connectivity index (χ2v) is 6.46. The maximum atomic E-state index is 12.6. The van der Waals surface area contributed by atoms with Crippen LogP contribution >= 0.6 is 12.4 Å². The average Bonchev–Trinajstić information content (AvgIpc) is 2.55. The number of amides is 1. The normalized spacial score (nSPS) is 19.2. The van der Waals surface area contributed by atoms with Crippen LogP contribution in [0.3, 0.4) is 0 Å². The third-order valence-electron chi connectivity index (χ3n) is 4.72. The van der Waals surface area contributed by atoms with Crippen molar-refractivity contribution in [2.24, 2.45) is 11.7 Å². The molecule has 4 heteroatoms. The van der Waals surface area contributed by atoms with Gasteiger partial charge in [0.2, 0.25) is 5.91 Å². The standard InChI is InChI=1S/C19H24N2O.ClH/c1-14(20)18-7-4-10-21(13-18)19(22)12-15-8-9-16-5-2-3-6-17(16)11-15;/h2-3,5-6,8-9,11,14,18H,4,7,10,12-13,20H2,1H3;1H. The van der Waals surface area contributed by atoms with E-state index in [1.54, 1.807) is 0 Å². The number of nitrogens with two attached hydrogens (primary N) is 1. The number of benzene rings is 2. The van der Waals surface area contributed by atoms with Crippen LogP contribution < -0.4 is 5.73 Å². The number of halogens is 1. The van der Waals surface area contributed by atoms with Crippen LogP contribution in [0.25, 0.3) is 10.8 Å². The molecule has 0 aliphatic carbocycles. The van der Waals surface area contributed by atoms with Crippen LogP contribution in [0.2, 0.25) is 0 Å². The van der Waals surface area contributed by atoms with Gasteiger partial charge in [-0.05, 0) is 42.0 Å². The third-order valence-corrected chi connectivity index (χ3v) is 4.72. The molecule has 2 aromatic carbocycles. The molecule has 2 N–H and O–H groups in total. The first-order valence-corrected chi connectivity index (χ1v) is 8.14. The Hall–Kier alpha value is -1.58. The van der Waals surface area contributed by atoms with Gasteiger partial charge >= 0.3 is 0 Å². The molecule has 0 bridgehead atoms. The van der Waals surface area contributed by atoms with Gasteiger partial charge in [0.1, 0.15) is 0 Å². The lowest BCUT2D eigenvalue weighted by Gasteiger charge is -2.34. The van der Waals surface area contributed by atoms with Crippen LogP contribution in [0.1, 0.15) is 25.3 Å². The van der Waals surface area contributed by atoms with Crippen molar-refractivity contribution < 1.29 is 4.79 Å². The quantitative estimate of drug-likeness (QED) is 0.936. The van der Waals surface area contributed by atoms with Crippen molar-refractivity contribution in [2.75, 3.05) is 13.1 Å². The summed E-state index contributed by atoms with van der Waals surface area (Å²) in [6.45, 7) is 3.72. The molecule has 2 unspecified atom stereocenters. The maximum Gasteiger partial charge on any atom is 0.226 e. The molecular weight excluding hydrogens is 308 g/mol. The van der Waals surface area contributed by atoms with Crippen molar-refractivity contribution in [1.82, 2.24) is 4.90 Å². The smallest absolute Gasteiger partial charge is 0.226 e. The number of carbonyl (C=O) groups is 1. The monoisotopic (exact) mass is 332 g/mol. The summed E-state index contributed by atoms with van der Waals surface area (Å²) in [6, 6.07) is 14.7. The van der Waals surface area contributed by atoms with E-state index < -0.39 is 0 Å². The van der Waals surface area contributed by atoms with Gasteiger partial charge in [-0.25, -0.2) is 0 Å². The second-order valence-electron chi connectivity index (χ2n) is 6.46. The van der Waals surface area contributed by atoms with Crippen LogP contribution in [0.15, 0.2) is 42.5 Å². The molecule has 23 heavy (non-hydrogen) atoms. The minimum absolute atomic E-state index is 0. The Kier molecular flexibility index (Phi) is 6.03. The fourth-order valence-electron chi connectivity index (χ4n) is 3.30. The summed E-state index contributed by atoms with van der Waals surface area (Å²) in [7, 11) is 0. The number of hydrogen-bond donors (Lipinski definition) is 1. The van der Waals surface area contributed by atoms with Crippen LogP contribution in [-0.4, -0.2) is 29.9 Å². The highest BCUT2D eigenvalue weighted by Gasteiger charge is 2.25. The number of piperidine rings is 1. The molecule has 2 atom stereocenters. The second kappa shape index (κ2) is 7.80. The summed E-state index contributed by atoms with van der Waals surface area (Å²) in [5.74, 6) is 0.662.